The third kappa shape index (κ3) is 4.78. The molecule has 1 aliphatic rings. The monoisotopic (exact) mass is 409 g/mol. The van der Waals surface area contributed by atoms with E-state index in [0.717, 1.165) is 26.2 Å². The van der Waals surface area contributed by atoms with Crippen molar-refractivity contribution in [1.82, 2.24) is 20.1 Å². The van der Waals surface area contributed by atoms with Crippen molar-refractivity contribution < 1.29 is 9.69 Å². The van der Waals surface area contributed by atoms with Crippen LogP contribution >= 0.6 is 11.8 Å². The van der Waals surface area contributed by atoms with Crippen molar-refractivity contribution in [2.75, 3.05) is 37.7 Å². The van der Waals surface area contributed by atoms with E-state index in [0.29, 0.717) is 10.9 Å². The van der Waals surface area contributed by atoms with Gasteiger partial charge in [-0.3, -0.25) is 4.79 Å². The van der Waals surface area contributed by atoms with Gasteiger partial charge in [0, 0.05) is 11.1 Å². The van der Waals surface area contributed by atoms with E-state index in [-0.39, 0.29) is 17.9 Å². The number of thioether (sulfide) groups is 1. The molecule has 0 unspecified atom stereocenters. The quantitative estimate of drug-likeness (QED) is 0.528. The number of carbonyl (C=O) groups is 1. The highest BCUT2D eigenvalue weighted by Gasteiger charge is 2.31. The lowest BCUT2D eigenvalue weighted by molar-refractivity contribution is -0.929. The second kappa shape index (κ2) is 9.11. The SMILES string of the molecule is Nc1nc(SCC(=O)N2CC[NH+](C(c3ccccc3)c3ccccc3)CC2)n[nH]1. The van der Waals surface area contributed by atoms with Crippen molar-refractivity contribution >= 4 is 23.6 Å². The molecule has 0 spiro atoms. The Balaban J connectivity index is 1.39. The van der Waals surface area contributed by atoms with Crippen LogP contribution < -0.4 is 10.6 Å². The zero-order valence-corrected chi connectivity index (χ0v) is 16.9. The summed E-state index contributed by atoms with van der Waals surface area (Å²) in [5, 5.41) is 7.06. The van der Waals surface area contributed by atoms with Gasteiger partial charge in [0.2, 0.25) is 17.0 Å². The summed E-state index contributed by atoms with van der Waals surface area (Å²) in [4.78, 5) is 20.1. The molecule has 4 rings (SSSR count). The van der Waals surface area contributed by atoms with Gasteiger partial charge in [0.1, 0.15) is 6.04 Å². The smallest absolute Gasteiger partial charge is 0.233 e. The molecule has 0 atom stereocenters. The topological polar surface area (TPSA) is 92.3 Å². The van der Waals surface area contributed by atoms with Crippen LogP contribution in [-0.4, -0.2) is 57.9 Å². The molecule has 1 aromatic heterocycles. The largest absolute Gasteiger partial charge is 0.368 e. The summed E-state index contributed by atoms with van der Waals surface area (Å²) in [5.41, 5.74) is 8.15. The highest BCUT2D eigenvalue weighted by atomic mass is 32.2. The number of piperazine rings is 1. The summed E-state index contributed by atoms with van der Waals surface area (Å²) in [6, 6.07) is 21.5. The first kappa shape index (κ1) is 19.5. The van der Waals surface area contributed by atoms with Crippen molar-refractivity contribution in [2.24, 2.45) is 0 Å². The first-order chi connectivity index (χ1) is 14.2. The molecule has 1 aliphatic heterocycles. The third-order valence-electron chi connectivity index (χ3n) is 5.24. The highest BCUT2D eigenvalue weighted by Crippen LogP contribution is 2.19. The van der Waals surface area contributed by atoms with Gasteiger partial charge in [-0.1, -0.05) is 72.4 Å². The molecule has 1 fully saturated rings. The van der Waals surface area contributed by atoms with Gasteiger partial charge in [-0.05, 0) is 0 Å². The van der Waals surface area contributed by atoms with Gasteiger partial charge in [0.15, 0.2) is 0 Å². The number of nitrogens with zero attached hydrogens (tertiary/aromatic N) is 3. The minimum Gasteiger partial charge on any atom is -0.368 e. The number of hydrogen-bond acceptors (Lipinski definition) is 5. The number of carbonyl (C=O) groups excluding carboxylic acids is 1. The average Bonchev–Trinajstić information content (AvgIpc) is 3.19. The molecule has 3 aromatic rings. The molecule has 29 heavy (non-hydrogen) atoms. The van der Waals surface area contributed by atoms with Gasteiger partial charge in [0.25, 0.3) is 0 Å². The summed E-state index contributed by atoms with van der Waals surface area (Å²) < 4.78 is 0. The van der Waals surface area contributed by atoms with Crippen LogP contribution in [0.4, 0.5) is 5.95 Å². The van der Waals surface area contributed by atoms with Crippen LogP contribution in [0.15, 0.2) is 65.8 Å². The molecule has 2 aromatic carbocycles. The Bertz CT molecular complexity index is 885. The van der Waals surface area contributed by atoms with Gasteiger partial charge in [-0.25, -0.2) is 5.10 Å². The molecule has 0 aliphatic carbocycles. The first-order valence-corrected chi connectivity index (χ1v) is 10.7. The maximum Gasteiger partial charge on any atom is 0.233 e. The number of nitrogens with two attached hydrogens (primary N) is 1. The third-order valence-corrected chi connectivity index (χ3v) is 6.07. The highest BCUT2D eigenvalue weighted by molar-refractivity contribution is 7.99. The summed E-state index contributed by atoms with van der Waals surface area (Å²) in [5.74, 6) is 0.714. The van der Waals surface area contributed by atoms with E-state index in [2.05, 4.69) is 75.8 Å². The minimum absolute atomic E-state index is 0.119. The van der Waals surface area contributed by atoms with E-state index in [1.54, 1.807) is 0 Å². The number of rotatable bonds is 6. The predicted molar refractivity (Wildman–Crippen MR) is 114 cm³/mol. The van der Waals surface area contributed by atoms with Crippen molar-refractivity contribution in [1.29, 1.82) is 0 Å². The van der Waals surface area contributed by atoms with E-state index >= 15 is 0 Å². The maximum absolute atomic E-state index is 12.6. The Morgan fingerprint density at radius 3 is 2.17 bits per heavy atom. The Morgan fingerprint density at radius 1 is 1.07 bits per heavy atom. The molecule has 1 saturated heterocycles. The van der Waals surface area contributed by atoms with E-state index in [9.17, 15) is 4.79 Å². The van der Waals surface area contributed by atoms with Crippen LogP contribution in [0.1, 0.15) is 17.2 Å². The van der Waals surface area contributed by atoms with Crippen molar-refractivity contribution in [3.05, 3.63) is 71.8 Å². The zero-order valence-electron chi connectivity index (χ0n) is 16.1. The van der Waals surface area contributed by atoms with Crippen LogP contribution in [0, 0.1) is 0 Å². The van der Waals surface area contributed by atoms with E-state index < -0.39 is 0 Å². The van der Waals surface area contributed by atoms with Crippen LogP contribution in [0.2, 0.25) is 0 Å². The van der Waals surface area contributed by atoms with Crippen LogP contribution in [0.3, 0.4) is 0 Å². The molecule has 1 amide bonds. The second-order valence-corrected chi connectivity index (χ2v) is 8.03. The molecule has 2 heterocycles. The molecule has 150 valence electrons. The van der Waals surface area contributed by atoms with Gasteiger partial charge in [-0.15, -0.1) is 5.10 Å². The maximum atomic E-state index is 12.6. The van der Waals surface area contributed by atoms with Crippen LogP contribution in [0.25, 0.3) is 0 Å². The molecule has 8 heteroatoms. The molecule has 0 saturated carbocycles. The lowest BCUT2D eigenvalue weighted by Crippen LogP contribution is -3.15. The van der Waals surface area contributed by atoms with Gasteiger partial charge in [0.05, 0.1) is 31.9 Å². The summed E-state index contributed by atoms with van der Waals surface area (Å²) in [6.07, 6.45) is 0. The lowest BCUT2D eigenvalue weighted by atomic mass is 9.96. The van der Waals surface area contributed by atoms with E-state index in [4.69, 9.17) is 5.73 Å². The Morgan fingerprint density at radius 2 is 1.66 bits per heavy atom. The van der Waals surface area contributed by atoms with Gasteiger partial charge in [-0.2, -0.15) is 4.98 Å². The number of hydrogen-bond donors (Lipinski definition) is 3. The van der Waals surface area contributed by atoms with Crippen molar-refractivity contribution in [2.45, 2.75) is 11.2 Å². The summed E-state index contributed by atoms with van der Waals surface area (Å²) >= 11 is 1.31. The fourth-order valence-corrected chi connectivity index (χ4v) is 4.54. The molecular weight excluding hydrogens is 384 g/mol. The number of aromatic amines is 1. The fourth-order valence-electron chi connectivity index (χ4n) is 3.83. The normalized spacial score (nSPS) is 15.0. The number of quaternary nitrogens is 1. The standard InChI is InChI=1S/C21H24N6OS/c22-20-23-21(25-24-20)29-15-18(28)26-11-13-27(14-12-26)19(16-7-3-1-4-8-16)17-9-5-2-6-10-17/h1-10,19H,11-15H2,(H3,22,23,24,25)/p+1. The molecule has 4 N–H and O–H groups in total. The minimum atomic E-state index is 0.119. The van der Waals surface area contributed by atoms with Gasteiger partial charge < -0.3 is 15.5 Å². The van der Waals surface area contributed by atoms with Crippen LogP contribution in [0.5, 0.6) is 0 Å². The number of aromatic nitrogens is 3. The molecule has 7 nitrogen and oxygen atoms in total. The number of H-pyrrole nitrogens is 1. The Labute approximate surface area is 174 Å². The Hall–Kier alpha value is -2.84. The second-order valence-electron chi connectivity index (χ2n) is 7.09. The first-order valence-electron chi connectivity index (χ1n) is 9.73. The van der Waals surface area contributed by atoms with E-state index in [1.165, 1.54) is 27.8 Å². The lowest BCUT2D eigenvalue weighted by Gasteiger charge is -2.37. The molecule has 0 radical (unpaired) electrons. The number of benzene rings is 2. The van der Waals surface area contributed by atoms with Crippen LogP contribution in [-0.2, 0) is 4.79 Å². The van der Waals surface area contributed by atoms with E-state index in [1.807, 2.05) is 4.90 Å². The van der Waals surface area contributed by atoms with Gasteiger partial charge >= 0.3 is 0 Å². The average molecular weight is 410 g/mol. The Kier molecular flexibility index (Phi) is 6.12. The number of anilines is 1. The van der Waals surface area contributed by atoms with Crippen molar-refractivity contribution in [3.8, 4) is 0 Å². The number of amides is 1. The molecular formula is C21H25N6OS+. The summed E-state index contributed by atoms with van der Waals surface area (Å²) in [7, 11) is 0. The number of nitrogen functional groups attached to an aromatic ring is 1. The zero-order chi connectivity index (χ0) is 20.1. The summed E-state index contributed by atoms with van der Waals surface area (Å²) in [6.45, 7) is 3.33. The van der Waals surface area contributed by atoms with Crippen molar-refractivity contribution in [3.63, 3.8) is 0 Å². The number of nitrogens with one attached hydrogen (secondary N) is 2. The predicted octanol–water partition coefficient (Wildman–Crippen LogP) is 0.996. The fraction of sp³-hybridized carbons (Fsp3) is 0.286. The molecule has 0 bridgehead atoms.